The van der Waals surface area contributed by atoms with E-state index in [-0.39, 0.29) is 24.3 Å². The molecule has 6 nitrogen and oxygen atoms in total. The van der Waals surface area contributed by atoms with Gasteiger partial charge < -0.3 is 10.2 Å². The summed E-state index contributed by atoms with van der Waals surface area (Å²) in [4.78, 5) is 26.0. The molecule has 1 aliphatic rings. The van der Waals surface area contributed by atoms with Crippen molar-refractivity contribution in [3.05, 3.63) is 30.5 Å². The summed E-state index contributed by atoms with van der Waals surface area (Å²) in [6, 6.07) is 7.83. The number of hydrogen-bond donors (Lipinski definition) is 1. The molecule has 0 bridgehead atoms. The first-order valence-corrected chi connectivity index (χ1v) is 7.59. The van der Waals surface area contributed by atoms with Crippen molar-refractivity contribution in [2.24, 2.45) is 5.92 Å². The van der Waals surface area contributed by atoms with Gasteiger partial charge in [0.05, 0.1) is 17.6 Å². The molecule has 1 aromatic carbocycles. The molecule has 2 aromatic rings. The quantitative estimate of drug-likeness (QED) is 0.920. The fourth-order valence-corrected chi connectivity index (χ4v) is 3.00. The monoisotopic (exact) mass is 300 g/mol. The number of nitrogens with one attached hydrogen (secondary N) is 1. The fourth-order valence-electron chi connectivity index (χ4n) is 3.00. The van der Waals surface area contributed by atoms with Crippen molar-refractivity contribution in [3.8, 4) is 0 Å². The first-order chi connectivity index (χ1) is 10.7. The Labute approximate surface area is 129 Å². The van der Waals surface area contributed by atoms with Crippen LogP contribution in [0.25, 0.3) is 10.9 Å². The first kappa shape index (κ1) is 14.6. The van der Waals surface area contributed by atoms with E-state index in [2.05, 4.69) is 10.4 Å². The van der Waals surface area contributed by atoms with Crippen LogP contribution in [0.3, 0.4) is 0 Å². The van der Waals surface area contributed by atoms with Crippen molar-refractivity contribution in [1.82, 2.24) is 20.0 Å². The number of fused-ring (bicyclic) bond motifs is 1. The molecule has 1 atom stereocenters. The summed E-state index contributed by atoms with van der Waals surface area (Å²) >= 11 is 0. The van der Waals surface area contributed by atoms with E-state index in [4.69, 9.17) is 0 Å². The predicted octanol–water partition coefficient (Wildman–Crippen LogP) is 1.02. The van der Waals surface area contributed by atoms with Gasteiger partial charge in [0, 0.05) is 25.5 Å². The van der Waals surface area contributed by atoms with Crippen molar-refractivity contribution in [2.75, 3.05) is 20.1 Å². The SMILES string of the molecule is CNC(=O)[C@H]1CCCN(C(=O)Cn2ncc3ccccc32)C1. The zero-order valence-corrected chi connectivity index (χ0v) is 12.7. The molecule has 2 amide bonds. The summed E-state index contributed by atoms with van der Waals surface area (Å²) in [6.45, 7) is 1.43. The van der Waals surface area contributed by atoms with Crippen LogP contribution in [-0.4, -0.2) is 46.6 Å². The number of carbonyl (C=O) groups excluding carboxylic acids is 2. The molecule has 0 spiro atoms. The van der Waals surface area contributed by atoms with Crippen LogP contribution in [0.5, 0.6) is 0 Å². The molecular weight excluding hydrogens is 280 g/mol. The van der Waals surface area contributed by atoms with E-state index in [1.54, 1.807) is 22.8 Å². The van der Waals surface area contributed by atoms with Crippen molar-refractivity contribution < 1.29 is 9.59 Å². The molecule has 1 N–H and O–H groups in total. The Morgan fingerprint density at radius 3 is 3.00 bits per heavy atom. The topological polar surface area (TPSA) is 67.2 Å². The summed E-state index contributed by atoms with van der Waals surface area (Å²) in [5.41, 5.74) is 0.954. The largest absolute Gasteiger partial charge is 0.359 e. The third kappa shape index (κ3) is 2.81. The number of nitrogens with zero attached hydrogens (tertiary/aromatic N) is 3. The van der Waals surface area contributed by atoms with Crippen molar-refractivity contribution in [2.45, 2.75) is 19.4 Å². The number of rotatable bonds is 3. The van der Waals surface area contributed by atoms with Gasteiger partial charge in [-0.25, -0.2) is 0 Å². The predicted molar refractivity (Wildman–Crippen MR) is 83.1 cm³/mol. The number of amides is 2. The van der Waals surface area contributed by atoms with Gasteiger partial charge in [-0.15, -0.1) is 0 Å². The second kappa shape index (κ2) is 6.17. The molecule has 116 valence electrons. The Morgan fingerprint density at radius 1 is 1.36 bits per heavy atom. The Bertz CT molecular complexity index is 694. The molecule has 0 radical (unpaired) electrons. The summed E-state index contributed by atoms with van der Waals surface area (Å²) in [5.74, 6) is -0.0680. The van der Waals surface area contributed by atoms with E-state index in [0.29, 0.717) is 13.1 Å². The lowest BCUT2D eigenvalue weighted by Gasteiger charge is -2.31. The maximum Gasteiger partial charge on any atom is 0.244 e. The van der Waals surface area contributed by atoms with Crippen molar-refractivity contribution in [1.29, 1.82) is 0 Å². The Balaban J connectivity index is 1.70. The summed E-state index contributed by atoms with van der Waals surface area (Å²) in [5, 5.41) is 7.98. The Hall–Kier alpha value is -2.37. The molecule has 0 aliphatic carbocycles. The molecule has 0 saturated carbocycles. The number of hydrogen-bond acceptors (Lipinski definition) is 3. The van der Waals surface area contributed by atoms with Gasteiger partial charge in [0.2, 0.25) is 11.8 Å². The van der Waals surface area contributed by atoms with Gasteiger partial charge in [-0.1, -0.05) is 18.2 Å². The van der Waals surface area contributed by atoms with Crippen LogP contribution < -0.4 is 5.32 Å². The molecule has 22 heavy (non-hydrogen) atoms. The van der Waals surface area contributed by atoms with E-state index < -0.39 is 0 Å². The van der Waals surface area contributed by atoms with Gasteiger partial charge in [0.1, 0.15) is 6.54 Å². The molecule has 1 saturated heterocycles. The van der Waals surface area contributed by atoms with Gasteiger partial charge in [-0.3, -0.25) is 14.3 Å². The van der Waals surface area contributed by atoms with E-state index in [1.807, 2.05) is 24.3 Å². The zero-order valence-electron chi connectivity index (χ0n) is 12.7. The van der Waals surface area contributed by atoms with Gasteiger partial charge in [-0.2, -0.15) is 5.10 Å². The van der Waals surface area contributed by atoms with Crippen LogP contribution in [0.2, 0.25) is 0 Å². The maximum absolute atomic E-state index is 12.5. The smallest absolute Gasteiger partial charge is 0.244 e. The minimum atomic E-state index is -0.0999. The minimum Gasteiger partial charge on any atom is -0.359 e. The van der Waals surface area contributed by atoms with Crippen LogP contribution in [0, 0.1) is 5.92 Å². The average Bonchev–Trinajstić information content (AvgIpc) is 2.97. The van der Waals surface area contributed by atoms with Gasteiger partial charge in [0.15, 0.2) is 0 Å². The second-order valence-electron chi connectivity index (χ2n) is 5.65. The highest BCUT2D eigenvalue weighted by Gasteiger charge is 2.28. The molecular formula is C16H20N4O2. The van der Waals surface area contributed by atoms with Gasteiger partial charge in [0.25, 0.3) is 0 Å². The van der Waals surface area contributed by atoms with Crippen LogP contribution in [0.4, 0.5) is 0 Å². The minimum absolute atomic E-state index is 0.0158. The molecule has 1 fully saturated rings. The lowest BCUT2D eigenvalue weighted by molar-refractivity contribution is -0.136. The molecule has 0 unspecified atom stereocenters. The standard InChI is InChI=1S/C16H20N4O2/c1-17-16(22)13-6-4-8-19(10-13)15(21)11-20-14-7-3-2-5-12(14)9-18-20/h2-3,5,7,9,13H,4,6,8,10-11H2,1H3,(H,17,22)/t13-/m0/s1. The van der Waals surface area contributed by atoms with Crippen molar-refractivity contribution >= 4 is 22.7 Å². The lowest BCUT2D eigenvalue weighted by Crippen LogP contribution is -2.45. The molecule has 1 aromatic heterocycles. The number of carbonyl (C=O) groups is 2. The van der Waals surface area contributed by atoms with E-state index in [9.17, 15) is 9.59 Å². The number of para-hydroxylation sites is 1. The third-order valence-electron chi connectivity index (χ3n) is 4.23. The van der Waals surface area contributed by atoms with Crippen LogP contribution >= 0.6 is 0 Å². The highest BCUT2D eigenvalue weighted by molar-refractivity contribution is 5.83. The number of likely N-dealkylation sites (tertiary alicyclic amines) is 1. The highest BCUT2D eigenvalue weighted by Crippen LogP contribution is 2.18. The molecule has 6 heteroatoms. The fraction of sp³-hybridized carbons (Fsp3) is 0.438. The number of benzene rings is 1. The van der Waals surface area contributed by atoms with Crippen molar-refractivity contribution in [3.63, 3.8) is 0 Å². The normalized spacial score (nSPS) is 18.4. The third-order valence-corrected chi connectivity index (χ3v) is 4.23. The van der Waals surface area contributed by atoms with E-state index >= 15 is 0 Å². The maximum atomic E-state index is 12.5. The molecule has 3 rings (SSSR count). The first-order valence-electron chi connectivity index (χ1n) is 7.59. The molecule has 1 aliphatic heterocycles. The zero-order chi connectivity index (χ0) is 15.5. The Morgan fingerprint density at radius 2 is 2.18 bits per heavy atom. The van der Waals surface area contributed by atoms with E-state index in [0.717, 1.165) is 23.7 Å². The average molecular weight is 300 g/mol. The molecule has 2 heterocycles. The van der Waals surface area contributed by atoms with Gasteiger partial charge >= 0.3 is 0 Å². The van der Waals surface area contributed by atoms with E-state index in [1.165, 1.54) is 0 Å². The summed E-state index contributed by atoms with van der Waals surface area (Å²) in [7, 11) is 1.64. The van der Waals surface area contributed by atoms with Crippen LogP contribution in [0.1, 0.15) is 12.8 Å². The lowest BCUT2D eigenvalue weighted by atomic mass is 9.97. The second-order valence-corrected chi connectivity index (χ2v) is 5.65. The highest BCUT2D eigenvalue weighted by atomic mass is 16.2. The Kier molecular flexibility index (Phi) is 4.09. The van der Waals surface area contributed by atoms with Crippen LogP contribution in [-0.2, 0) is 16.1 Å². The summed E-state index contributed by atoms with van der Waals surface area (Å²) in [6.07, 6.45) is 3.48. The summed E-state index contributed by atoms with van der Waals surface area (Å²) < 4.78 is 1.72. The van der Waals surface area contributed by atoms with Crippen LogP contribution in [0.15, 0.2) is 30.5 Å². The number of aromatic nitrogens is 2. The van der Waals surface area contributed by atoms with Gasteiger partial charge in [-0.05, 0) is 18.9 Å². The number of piperidine rings is 1.